The topological polar surface area (TPSA) is 32.5 Å². The van der Waals surface area contributed by atoms with Gasteiger partial charge in [0.2, 0.25) is 0 Å². The second-order valence-corrected chi connectivity index (χ2v) is 3.64. The van der Waals surface area contributed by atoms with Crippen molar-refractivity contribution in [1.82, 2.24) is 9.80 Å². The Balaban J connectivity index is 0.000000791. The van der Waals surface area contributed by atoms with Crippen LogP contribution in [-0.4, -0.2) is 49.1 Å². The summed E-state index contributed by atoms with van der Waals surface area (Å²) in [6.45, 7) is 12.0. The van der Waals surface area contributed by atoms with E-state index in [9.17, 15) is 0 Å². The summed E-state index contributed by atoms with van der Waals surface area (Å²) in [4.78, 5) is 4.49. The van der Waals surface area contributed by atoms with Crippen molar-refractivity contribution in [2.45, 2.75) is 32.9 Å². The Morgan fingerprint density at radius 2 is 1.93 bits per heavy atom. The predicted octanol–water partition coefficient (Wildman–Crippen LogP) is 1.12. The van der Waals surface area contributed by atoms with E-state index in [-0.39, 0.29) is 0 Å². The van der Waals surface area contributed by atoms with Crippen LogP contribution in [0.3, 0.4) is 0 Å². The first-order chi connectivity index (χ1) is 6.57. The molecule has 0 aromatic rings. The number of nitrogens with zero attached hydrogens (tertiary/aromatic N) is 2. The van der Waals surface area contributed by atoms with Crippen LogP contribution in [0.4, 0.5) is 0 Å². The zero-order valence-electron chi connectivity index (χ0n) is 10.2. The van der Waals surface area contributed by atoms with E-state index in [2.05, 4.69) is 37.4 Å². The van der Waals surface area contributed by atoms with Crippen molar-refractivity contribution in [3.05, 3.63) is 12.3 Å². The van der Waals surface area contributed by atoms with Crippen molar-refractivity contribution in [3.63, 3.8) is 0 Å². The molecule has 1 saturated heterocycles. The highest BCUT2D eigenvalue weighted by Crippen LogP contribution is 2.19. The lowest BCUT2D eigenvalue weighted by Crippen LogP contribution is -2.54. The third kappa shape index (κ3) is 2.72. The van der Waals surface area contributed by atoms with Gasteiger partial charge in [-0.1, -0.05) is 20.4 Å². The molecular formula is C11H25N3. The van der Waals surface area contributed by atoms with Crippen LogP contribution in [0.1, 0.15) is 20.8 Å². The van der Waals surface area contributed by atoms with E-state index in [4.69, 9.17) is 5.73 Å². The summed E-state index contributed by atoms with van der Waals surface area (Å²) in [5.74, 6) is 0. The summed E-state index contributed by atoms with van der Waals surface area (Å²) in [5, 5.41) is 0. The van der Waals surface area contributed by atoms with Gasteiger partial charge in [0.25, 0.3) is 0 Å². The summed E-state index contributed by atoms with van der Waals surface area (Å²) in [6.07, 6.45) is 0. The molecular weight excluding hydrogens is 174 g/mol. The van der Waals surface area contributed by atoms with Gasteiger partial charge in [-0.25, -0.2) is 0 Å². The average Bonchev–Trinajstić information content (AvgIpc) is 2.18. The van der Waals surface area contributed by atoms with Crippen LogP contribution in [0.5, 0.6) is 0 Å². The highest BCUT2D eigenvalue weighted by molar-refractivity contribution is 5.10. The molecule has 84 valence electrons. The summed E-state index contributed by atoms with van der Waals surface area (Å²) >= 11 is 0. The summed E-state index contributed by atoms with van der Waals surface area (Å²) in [6, 6.07) is 0.872. The first kappa shape index (κ1) is 13.5. The molecule has 0 spiro atoms. The molecule has 3 nitrogen and oxygen atoms in total. The zero-order chi connectivity index (χ0) is 11.3. The number of hydrogen-bond acceptors (Lipinski definition) is 3. The lowest BCUT2D eigenvalue weighted by Gasteiger charge is -2.44. The molecule has 2 unspecified atom stereocenters. The van der Waals surface area contributed by atoms with Gasteiger partial charge in [0.15, 0.2) is 0 Å². The lowest BCUT2D eigenvalue weighted by molar-refractivity contribution is 0.122. The molecule has 0 aromatic carbocycles. The van der Waals surface area contributed by atoms with Gasteiger partial charge in [0.05, 0.1) is 6.04 Å². The molecule has 2 atom stereocenters. The maximum absolute atomic E-state index is 5.66. The standard InChI is InChI=1S/C9H19N3.C2H6/c1-7-6-11(3)9(5-10)8(2)12(7)4;1-2/h7,9H,2,5-6,10H2,1,3-4H3;1-2H3. The van der Waals surface area contributed by atoms with E-state index in [1.807, 2.05) is 13.8 Å². The fourth-order valence-corrected chi connectivity index (χ4v) is 1.76. The predicted molar refractivity (Wildman–Crippen MR) is 63.2 cm³/mol. The van der Waals surface area contributed by atoms with Gasteiger partial charge in [0, 0.05) is 31.9 Å². The summed E-state index contributed by atoms with van der Waals surface area (Å²) in [5.41, 5.74) is 6.80. The van der Waals surface area contributed by atoms with Gasteiger partial charge in [0.1, 0.15) is 0 Å². The van der Waals surface area contributed by atoms with Crippen molar-refractivity contribution in [3.8, 4) is 0 Å². The molecule has 1 rings (SSSR count). The quantitative estimate of drug-likeness (QED) is 0.687. The maximum Gasteiger partial charge on any atom is 0.0613 e. The molecule has 0 radical (unpaired) electrons. The first-order valence-corrected chi connectivity index (χ1v) is 5.39. The monoisotopic (exact) mass is 199 g/mol. The Kier molecular flexibility index (Phi) is 5.81. The number of rotatable bonds is 1. The number of piperazine rings is 1. The second-order valence-electron chi connectivity index (χ2n) is 3.64. The molecule has 0 amide bonds. The van der Waals surface area contributed by atoms with E-state index in [1.54, 1.807) is 0 Å². The van der Waals surface area contributed by atoms with Crippen LogP contribution in [0.2, 0.25) is 0 Å². The molecule has 3 heteroatoms. The fourth-order valence-electron chi connectivity index (χ4n) is 1.76. The molecule has 14 heavy (non-hydrogen) atoms. The Labute approximate surface area is 88.6 Å². The van der Waals surface area contributed by atoms with Crippen LogP contribution in [0.25, 0.3) is 0 Å². The molecule has 0 bridgehead atoms. The van der Waals surface area contributed by atoms with Crippen molar-refractivity contribution < 1.29 is 0 Å². The SMILES string of the molecule is C=C1C(CN)N(C)CC(C)N1C.CC. The van der Waals surface area contributed by atoms with Gasteiger partial charge in [-0.3, -0.25) is 4.90 Å². The van der Waals surface area contributed by atoms with E-state index in [1.165, 1.54) is 0 Å². The Morgan fingerprint density at radius 1 is 1.43 bits per heavy atom. The third-order valence-electron chi connectivity index (χ3n) is 2.81. The van der Waals surface area contributed by atoms with Crippen LogP contribution in [-0.2, 0) is 0 Å². The van der Waals surface area contributed by atoms with E-state index in [0.29, 0.717) is 18.6 Å². The minimum Gasteiger partial charge on any atom is -0.373 e. The maximum atomic E-state index is 5.66. The smallest absolute Gasteiger partial charge is 0.0613 e. The summed E-state index contributed by atoms with van der Waals surface area (Å²) in [7, 11) is 4.19. The normalized spacial score (nSPS) is 28.4. The average molecular weight is 199 g/mol. The van der Waals surface area contributed by atoms with Crippen molar-refractivity contribution in [2.24, 2.45) is 5.73 Å². The van der Waals surface area contributed by atoms with Gasteiger partial charge in [-0.15, -0.1) is 0 Å². The van der Waals surface area contributed by atoms with E-state index >= 15 is 0 Å². The van der Waals surface area contributed by atoms with Gasteiger partial charge < -0.3 is 10.6 Å². The molecule has 0 aromatic heterocycles. The van der Waals surface area contributed by atoms with Crippen molar-refractivity contribution >= 4 is 0 Å². The largest absolute Gasteiger partial charge is 0.373 e. The van der Waals surface area contributed by atoms with Gasteiger partial charge in [-0.2, -0.15) is 0 Å². The van der Waals surface area contributed by atoms with Crippen LogP contribution < -0.4 is 5.73 Å². The van der Waals surface area contributed by atoms with Crippen LogP contribution in [0.15, 0.2) is 12.3 Å². The van der Waals surface area contributed by atoms with Gasteiger partial charge in [-0.05, 0) is 14.0 Å². The van der Waals surface area contributed by atoms with Crippen molar-refractivity contribution in [2.75, 3.05) is 27.2 Å². The van der Waals surface area contributed by atoms with Gasteiger partial charge >= 0.3 is 0 Å². The van der Waals surface area contributed by atoms with E-state index in [0.717, 1.165) is 12.2 Å². The Morgan fingerprint density at radius 3 is 2.36 bits per heavy atom. The molecule has 1 aliphatic rings. The lowest BCUT2D eigenvalue weighted by atomic mass is 10.1. The molecule has 0 saturated carbocycles. The molecule has 0 aliphatic carbocycles. The summed E-state index contributed by atoms with van der Waals surface area (Å²) < 4.78 is 0. The highest BCUT2D eigenvalue weighted by Gasteiger charge is 2.28. The van der Waals surface area contributed by atoms with Crippen molar-refractivity contribution in [1.29, 1.82) is 0 Å². The number of hydrogen-bond donors (Lipinski definition) is 1. The van der Waals surface area contributed by atoms with Crippen LogP contribution >= 0.6 is 0 Å². The highest BCUT2D eigenvalue weighted by atomic mass is 15.3. The third-order valence-corrected chi connectivity index (χ3v) is 2.81. The molecule has 1 fully saturated rings. The Hall–Kier alpha value is -0.540. The molecule has 1 aliphatic heterocycles. The van der Waals surface area contributed by atoms with E-state index < -0.39 is 0 Å². The second kappa shape index (κ2) is 6.04. The Bertz CT molecular complexity index is 179. The van der Waals surface area contributed by atoms with Crippen LogP contribution in [0, 0.1) is 0 Å². The first-order valence-electron chi connectivity index (χ1n) is 5.39. The molecule has 2 N–H and O–H groups in total. The minimum atomic E-state index is 0.325. The molecule has 1 heterocycles. The fraction of sp³-hybridized carbons (Fsp3) is 0.818. The number of likely N-dealkylation sites (N-methyl/N-ethyl adjacent to an activating group) is 2. The minimum absolute atomic E-state index is 0.325. The zero-order valence-corrected chi connectivity index (χ0v) is 10.2. The number of nitrogens with two attached hydrogens (primary N) is 1.